The van der Waals surface area contributed by atoms with Gasteiger partial charge in [0.05, 0.1) is 18.9 Å². The molecule has 0 bridgehead atoms. The second kappa shape index (κ2) is 9.00. The number of pyridine rings is 1. The van der Waals surface area contributed by atoms with Crippen LogP contribution in [0.5, 0.6) is 5.75 Å². The number of rotatable bonds is 6. The zero-order chi connectivity index (χ0) is 21.8. The Kier molecular flexibility index (Phi) is 5.98. The summed E-state index contributed by atoms with van der Waals surface area (Å²) in [5, 5.41) is 6.38. The highest BCUT2D eigenvalue weighted by atomic mass is 16.5. The van der Waals surface area contributed by atoms with Crippen molar-refractivity contribution >= 4 is 17.3 Å². The standard InChI is InChI=1S/C25H27N4O2/c1-27(2)21-13-15-28(16-14-21)18-25(30)29-24(20-9-11-22(31-3)12-10-20)17-23(26-29)19-7-5-4-6-8-19/h4-16,24H,17-18H2,1-3H3/q+1/t24-/m0/s1. The number of methoxy groups -OCH3 is 1. The van der Waals surface area contributed by atoms with Crippen LogP contribution in [0.2, 0.25) is 0 Å². The molecule has 6 heteroatoms. The van der Waals surface area contributed by atoms with Crippen molar-refractivity contribution in [2.75, 3.05) is 26.1 Å². The van der Waals surface area contributed by atoms with E-state index in [0.29, 0.717) is 6.42 Å². The van der Waals surface area contributed by atoms with Gasteiger partial charge in [0.1, 0.15) is 5.75 Å². The van der Waals surface area contributed by atoms with Gasteiger partial charge in [-0.05, 0) is 23.3 Å². The van der Waals surface area contributed by atoms with Gasteiger partial charge in [-0.15, -0.1) is 0 Å². The molecule has 0 saturated carbocycles. The monoisotopic (exact) mass is 415 g/mol. The van der Waals surface area contributed by atoms with E-state index in [1.807, 2.05) is 103 Å². The molecule has 0 radical (unpaired) electrons. The summed E-state index contributed by atoms with van der Waals surface area (Å²) in [4.78, 5) is 15.3. The average Bonchev–Trinajstić information content (AvgIpc) is 3.26. The first-order valence-corrected chi connectivity index (χ1v) is 10.3. The Bertz CT molecular complexity index is 1060. The van der Waals surface area contributed by atoms with E-state index < -0.39 is 0 Å². The van der Waals surface area contributed by atoms with E-state index >= 15 is 0 Å². The lowest BCUT2D eigenvalue weighted by atomic mass is 9.98. The molecule has 0 aliphatic carbocycles. The molecule has 0 unspecified atom stereocenters. The van der Waals surface area contributed by atoms with Crippen molar-refractivity contribution in [3.63, 3.8) is 0 Å². The minimum atomic E-state index is -0.143. The maximum Gasteiger partial charge on any atom is 0.309 e. The number of aromatic nitrogens is 1. The fourth-order valence-electron chi connectivity index (χ4n) is 3.71. The highest BCUT2D eigenvalue weighted by Gasteiger charge is 2.34. The first-order chi connectivity index (χ1) is 15.0. The predicted molar refractivity (Wildman–Crippen MR) is 121 cm³/mol. The summed E-state index contributed by atoms with van der Waals surface area (Å²) >= 11 is 0. The topological polar surface area (TPSA) is 49.0 Å². The molecule has 1 aliphatic heterocycles. The Balaban J connectivity index is 1.60. The van der Waals surface area contributed by atoms with Crippen molar-refractivity contribution in [1.82, 2.24) is 5.01 Å². The van der Waals surface area contributed by atoms with Crippen molar-refractivity contribution in [1.29, 1.82) is 0 Å². The lowest BCUT2D eigenvalue weighted by Crippen LogP contribution is -2.43. The maximum absolute atomic E-state index is 13.3. The van der Waals surface area contributed by atoms with Gasteiger partial charge in [0, 0.05) is 38.3 Å². The van der Waals surface area contributed by atoms with Crippen molar-refractivity contribution in [3.8, 4) is 5.75 Å². The van der Waals surface area contributed by atoms with Gasteiger partial charge in [-0.2, -0.15) is 9.67 Å². The maximum atomic E-state index is 13.3. The quantitative estimate of drug-likeness (QED) is 0.580. The van der Waals surface area contributed by atoms with Crippen molar-refractivity contribution in [3.05, 3.63) is 90.3 Å². The molecule has 6 nitrogen and oxygen atoms in total. The van der Waals surface area contributed by atoms with Crippen molar-refractivity contribution in [2.24, 2.45) is 5.10 Å². The molecule has 2 aromatic carbocycles. The molecule has 1 aromatic heterocycles. The first kappa shape index (κ1) is 20.6. The lowest BCUT2D eigenvalue weighted by Gasteiger charge is -2.21. The zero-order valence-electron chi connectivity index (χ0n) is 18.1. The molecule has 2 heterocycles. The zero-order valence-corrected chi connectivity index (χ0v) is 18.1. The summed E-state index contributed by atoms with van der Waals surface area (Å²) in [7, 11) is 5.64. The van der Waals surface area contributed by atoms with Crippen LogP contribution in [0, 0.1) is 0 Å². The number of amides is 1. The summed E-state index contributed by atoms with van der Waals surface area (Å²) < 4.78 is 7.17. The van der Waals surface area contributed by atoms with Crippen molar-refractivity contribution in [2.45, 2.75) is 19.0 Å². The third-order valence-corrected chi connectivity index (χ3v) is 5.48. The molecule has 1 aliphatic rings. The van der Waals surface area contributed by atoms with Crippen LogP contribution >= 0.6 is 0 Å². The van der Waals surface area contributed by atoms with E-state index in [2.05, 4.69) is 0 Å². The van der Waals surface area contributed by atoms with Gasteiger partial charge < -0.3 is 9.64 Å². The summed E-state index contributed by atoms with van der Waals surface area (Å²) in [6.45, 7) is 0.228. The minimum absolute atomic E-state index is 0.0469. The molecule has 31 heavy (non-hydrogen) atoms. The van der Waals surface area contributed by atoms with Crippen molar-refractivity contribution < 1.29 is 14.1 Å². The Labute approximate surface area is 183 Å². The van der Waals surface area contributed by atoms with E-state index in [-0.39, 0.29) is 18.5 Å². The number of carbonyl (C=O) groups excluding carboxylic acids is 1. The van der Waals surface area contributed by atoms with Gasteiger partial charge in [-0.1, -0.05) is 42.5 Å². The van der Waals surface area contributed by atoms with Crippen LogP contribution in [0.1, 0.15) is 23.6 Å². The first-order valence-electron chi connectivity index (χ1n) is 10.3. The number of carbonyl (C=O) groups is 1. The largest absolute Gasteiger partial charge is 0.497 e. The van der Waals surface area contributed by atoms with Gasteiger partial charge in [0.25, 0.3) is 0 Å². The van der Waals surface area contributed by atoms with Crippen LogP contribution in [0.4, 0.5) is 5.69 Å². The molecular formula is C25H27N4O2+. The van der Waals surface area contributed by atoms with Gasteiger partial charge >= 0.3 is 5.91 Å². The SMILES string of the molecule is COc1ccc([C@@H]2CC(c3ccccc3)=NN2C(=O)C[n+]2ccc(N(C)C)cc2)cc1. The molecule has 3 aromatic rings. The van der Waals surface area contributed by atoms with Crippen LogP contribution in [-0.2, 0) is 11.3 Å². The minimum Gasteiger partial charge on any atom is -0.497 e. The highest BCUT2D eigenvalue weighted by molar-refractivity contribution is 6.03. The highest BCUT2D eigenvalue weighted by Crippen LogP contribution is 2.33. The predicted octanol–water partition coefficient (Wildman–Crippen LogP) is 3.43. The molecular weight excluding hydrogens is 388 g/mol. The van der Waals surface area contributed by atoms with E-state index in [0.717, 1.165) is 28.3 Å². The molecule has 4 rings (SSSR count). The number of hydrazone groups is 1. The van der Waals surface area contributed by atoms with E-state index in [1.54, 1.807) is 12.1 Å². The molecule has 0 fully saturated rings. The Morgan fingerprint density at radius 3 is 2.35 bits per heavy atom. The lowest BCUT2D eigenvalue weighted by molar-refractivity contribution is -0.685. The second-order valence-electron chi connectivity index (χ2n) is 7.77. The Hall–Kier alpha value is -3.67. The number of anilines is 1. The van der Waals surface area contributed by atoms with E-state index in [4.69, 9.17) is 9.84 Å². The Morgan fingerprint density at radius 1 is 1.06 bits per heavy atom. The number of hydrogen-bond donors (Lipinski definition) is 0. The van der Waals surface area contributed by atoms with Crippen LogP contribution in [0.25, 0.3) is 0 Å². The summed E-state index contributed by atoms with van der Waals surface area (Å²) in [6.07, 6.45) is 4.52. The third kappa shape index (κ3) is 4.58. The molecule has 0 N–H and O–H groups in total. The average molecular weight is 416 g/mol. The van der Waals surface area contributed by atoms with Gasteiger partial charge in [-0.3, -0.25) is 4.79 Å². The van der Waals surface area contributed by atoms with Gasteiger partial charge in [0.15, 0.2) is 12.4 Å². The fourth-order valence-corrected chi connectivity index (χ4v) is 3.71. The molecule has 0 spiro atoms. The van der Waals surface area contributed by atoms with Crippen LogP contribution in [0.15, 0.2) is 84.2 Å². The molecule has 1 amide bonds. The third-order valence-electron chi connectivity index (χ3n) is 5.48. The Morgan fingerprint density at radius 2 is 1.74 bits per heavy atom. The van der Waals surface area contributed by atoms with Gasteiger partial charge in [-0.25, -0.2) is 5.01 Å². The summed E-state index contributed by atoms with van der Waals surface area (Å²) in [6, 6.07) is 21.7. The van der Waals surface area contributed by atoms with E-state index in [9.17, 15) is 4.79 Å². The smallest absolute Gasteiger partial charge is 0.309 e. The molecule has 0 saturated heterocycles. The summed E-state index contributed by atoms with van der Waals surface area (Å²) in [5.74, 6) is 0.745. The van der Waals surface area contributed by atoms with Crippen LogP contribution < -0.4 is 14.2 Å². The normalized spacial score (nSPS) is 15.5. The van der Waals surface area contributed by atoms with Crippen LogP contribution in [-0.4, -0.2) is 37.8 Å². The second-order valence-corrected chi connectivity index (χ2v) is 7.77. The van der Waals surface area contributed by atoms with Crippen LogP contribution in [0.3, 0.4) is 0 Å². The summed E-state index contributed by atoms with van der Waals surface area (Å²) in [5.41, 5.74) is 4.09. The number of benzene rings is 2. The number of hydrogen-bond acceptors (Lipinski definition) is 4. The molecule has 1 atom stereocenters. The van der Waals surface area contributed by atoms with Gasteiger partial charge in [0.2, 0.25) is 6.54 Å². The number of nitrogens with zero attached hydrogens (tertiary/aromatic N) is 4. The number of ether oxygens (including phenoxy) is 1. The van der Waals surface area contributed by atoms with E-state index in [1.165, 1.54) is 0 Å². The fraction of sp³-hybridized carbons (Fsp3) is 0.240. The molecule has 158 valence electrons.